The highest BCUT2D eigenvalue weighted by Crippen LogP contribution is 2.39. The third kappa shape index (κ3) is 3.89. The number of nitrogens with zero attached hydrogens (tertiary/aromatic N) is 3. The molecule has 144 valence electrons. The standard InChI is InChI=1S/C20H19ClN4O3/c1-3-25-16-9-8-12(2)10-14(16)18(20(25)28)24-23-17(26)11-22-19(27)13-6-4-5-7-15(13)21/h4-10,28H,3,11H2,1-2H3,(H,22,27). The lowest BCUT2D eigenvalue weighted by Crippen LogP contribution is -2.28. The second-order valence-corrected chi connectivity index (χ2v) is 6.60. The van der Waals surface area contributed by atoms with Crippen LogP contribution < -0.4 is 5.32 Å². The molecule has 0 spiro atoms. The van der Waals surface area contributed by atoms with Crippen molar-refractivity contribution in [3.8, 4) is 5.88 Å². The van der Waals surface area contributed by atoms with Gasteiger partial charge in [0.05, 0.1) is 16.1 Å². The van der Waals surface area contributed by atoms with Gasteiger partial charge in [-0.15, -0.1) is 10.2 Å². The highest BCUT2D eigenvalue weighted by atomic mass is 35.5. The first kappa shape index (κ1) is 19.6. The minimum Gasteiger partial charge on any atom is -0.493 e. The number of aryl methyl sites for hydroxylation is 2. The van der Waals surface area contributed by atoms with Gasteiger partial charge in [-0.2, -0.15) is 0 Å². The molecule has 1 heterocycles. The zero-order valence-electron chi connectivity index (χ0n) is 15.4. The number of aromatic hydroxyl groups is 1. The van der Waals surface area contributed by atoms with Crippen LogP contribution in [0.1, 0.15) is 22.8 Å². The zero-order chi connectivity index (χ0) is 20.3. The van der Waals surface area contributed by atoms with E-state index in [2.05, 4.69) is 15.5 Å². The Kier molecular flexibility index (Phi) is 5.75. The molecule has 2 amide bonds. The fourth-order valence-electron chi connectivity index (χ4n) is 2.89. The van der Waals surface area contributed by atoms with Crippen LogP contribution in [0.15, 0.2) is 52.7 Å². The van der Waals surface area contributed by atoms with E-state index < -0.39 is 11.8 Å². The summed E-state index contributed by atoms with van der Waals surface area (Å²) in [7, 11) is 0. The molecule has 0 radical (unpaired) electrons. The fourth-order valence-corrected chi connectivity index (χ4v) is 3.12. The summed E-state index contributed by atoms with van der Waals surface area (Å²) >= 11 is 5.96. The van der Waals surface area contributed by atoms with Crippen molar-refractivity contribution in [2.45, 2.75) is 20.4 Å². The molecule has 3 rings (SSSR count). The number of rotatable bonds is 5. The number of benzene rings is 2. The molecule has 0 fully saturated rings. The maximum Gasteiger partial charge on any atom is 0.283 e. The molecule has 1 aromatic heterocycles. The summed E-state index contributed by atoms with van der Waals surface area (Å²) < 4.78 is 1.69. The molecule has 0 aliphatic rings. The van der Waals surface area contributed by atoms with Crippen LogP contribution in [0.3, 0.4) is 0 Å². The normalized spacial score (nSPS) is 11.2. The van der Waals surface area contributed by atoms with Crippen molar-refractivity contribution in [2.24, 2.45) is 10.2 Å². The van der Waals surface area contributed by atoms with Gasteiger partial charge in [-0.25, -0.2) is 0 Å². The average Bonchev–Trinajstić information content (AvgIpc) is 2.94. The lowest BCUT2D eigenvalue weighted by Gasteiger charge is -2.04. The van der Waals surface area contributed by atoms with E-state index in [0.29, 0.717) is 17.0 Å². The van der Waals surface area contributed by atoms with E-state index in [1.807, 2.05) is 32.0 Å². The first-order valence-corrected chi connectivity index (χ1v) is 9.09. The van der Waals surface area contributed by atoms with E-state index in [9.17, 15) is 14.7 Å². The minimum absolute atomic E-state index is 0.0558. The average molecular weight is 399 g/mol. The van der Waals surface area contributed by atoms with Gasteiger partial charge in [-0.1, -0.05) is 35.4 Å². The SMILES string of the molecule is CCn1c(O)c(N=NC(=O)CNC(=O)c2ccccc2Cl)c2cc(C)ccc21. The van der Waals surface area contributed by atoms with Crippen molar-refractivity contribution >= 4 is 40.0 Å². The summed E-state index contributed by atoms with van der Waals surface area (Å²) in [4.78, 5) is 24.1. The maximum absolute atomic E-state index is 12.1. The van der Waals surface area contributed by atoms with Crippen LogP contribution in [0.25, 0.3) is 10.9 Å². The van der Waals surface area contributed by atoms with Crippen LogP contribution in [0.2, 0.25) is 5.02 Å². The number of fused-ring (bicyclic) bond motifs is 1. The third-order valence-electron chi connectivity index (χ3n) is 4.26. The van der Waals surface area contributed by atoms with Crippen molar-refractivity contribution in [1.82, 2.24) is 9.88 Å². The van der Waals surface area contributed by atoms with Crippen LogP contribution in [-0.4, -0.2) is 28.0 Å². The van der Waals surface area contributed by atoms with Gasteiger partial charge >= 0.3 is 0 Å². The number of halogens is 1. The Balaban J connectivity index is 1.76. The molecule has 8 heteroatoms. The third-order valence-corrected chi connectivity index (χ3v) is 4.59. The molecular formula is C20H19ClN4O3. The molecular weight excluding hydrogens is 380 g/mol. The van der Waals surface area contributed by atoms with Crippen molar-refractivity contribution in [3.05, 3.63) is 58.6 Å². The van der Waals surface area contributed by atoms with E-state index in [1.54, 1.807) is 28.8 Å². The van der Waals surface area contributed by atoms with Gasteiger partial charge in [-0.05, 0) is 38.1 Å². The van der Waals surface area contributed by atoms with Crippen LogP contribution in [0, 0.1) is 6.92 Å². The Morgan fingerprint density at radius 1 is 1.21 bits per heavy atom. The lowest BCUT2D eigenvalue weighted by molar-refractivity contribution is -0.117. The number of nitrogens with one attached hydrogen (secondary N) is 1. The molecule has 7 nitrogen and oxygen atoms in total. The highest BCUT2D eigenvalue weighted by Gasteiger charge is 2.16. The molecule has 2 aromatic carbocycles. The minimum atomic E-state index is -0.648. The second kappa shape index (κ2) is 8.22. The van der Waals surface area contributed by atoms with Gasteiger partial charge in [0, 0.05) is 11.9 Å². The molecule has 0 aliphatic carbocycles. The fraction of sp³-hybridized carbons (Fsp3) is 0.200. The first-order valence-electron chi connectivity index (χ1n) is 8.71. The van der Waals surface area contributed by atoms with Crippen molar-refractivity contribution in [3.63, 3.8) is 0 Å². The number of hydrogen-bond donors (Lipinski definition) is 2. The van der Waals surface area contributed by atoms with E-state index in [-0.39, 0.29) is 23.7 Å². The largest absolute Gasteiger partial charge is 0.493 e. The number of carbonyl (C=O) groups excluding carboxylic acids is 2. The Hall–Kier alpha value is -3.19. The predicted molar refractivity (Wildman–Crippen MR) is 107 cm³/mol. The van der Waals surface area contributed by atoms with Crippen LogP contribution in [0.5, 0.6) is 5.88 Å². The van der Waals surface area contributed by atoms with Crippen LogP contribution in [-0.2, 0) is 11.3 Å². The molecule has 0 aliphatic heterocycles. The number of amides is 2. The number of azo groups is 1. The van der Waals surface area contributed by atoms with Gasteiger partial charge in [0.2, 0.25) is 5.88 Å². The smallest absolute Gasteiger partial charge is 0.283 e. The second-order valence-electron chi connectivity index (χ2n) is 6.19. The summed E-state index contributed by atoms with van der Waals surface area (Å²) in [5, 5.41) is 21.5. The Morgan fingerprint density at radius 3 is 2.68 bits per heavy atom. The summed E-state index contributed by atoms with van der Waals surface area (Å²) in [5.74, 6) is -1.18. The van der Waals surface area contributed by atoms with Gasteiger partial charge in [-0.3, -0.25) is 9.59 Å². The van der Waals surface area contributed by atoms with Gasteiger partial charge in [0.25, 0.3) is 11.8 Å². The summed E-state index contributed by atoms with van der Waals surface area (Å²) in [5.41, 5.74) is 2.30. The van der Waals surface area contributed by atoms with Crippen molar-refractivity contribution in [1.29, 1.82) is 0 Å². The van der Waals surface area contributed by atoms with Crippen LogP contribution in [0.4, 0.5) is 5.69 Å². The zero-order valence-corrected chi connectivity index (χ0v) is 16.2. The molecule has 0 unspecified atom stereocenters. The monoisotopic (exact) mass is 398 g/mol. The summed E-state index contributed by atoms with van der Waals surface area (Å²) in [6.07, 6.45) is 0. The van der Waals surface area contributed by atoms with Gasteiger partial charge < -0.3 is 15.0 Å². The van der Waals surface area contributed by atoms with Gasteiger partial charge in [0.1, 0.15) is 6.54 Å². The molecule has 0 atom stereocenters. The number of hydrogen-bond acceptors (Lipinski definition) is 4. The van der Waals surface area contributed by atoms with Crippen LogP contribution >= 0.6 is 11.6 Å². The molecule has 0 bridgehead atoms. The predicted octanol–water partition coefficient (Wildman–Crippen LogP) is 4.37. The van der Waals surface area contributed by atoms with E-state index >= 15 is 0 Å². The quantitative estimate of drug-likeness (QED) is 0.624. The molecule has 28 heavy (non-hydrogen) atoms. The van der Waals surface area contributed by atoms with E-state index in [0.717, 1.165) is 11.1 Å². The van der Waals surface area contributed by atoms with E-state index in [1.165, 1.54) is 0 Å². The Morgan fingerprint density at radius 2 is 1.96 bits per heavy atom. The molecule has 0 saturated carbocycles. The first-order chi connectivity index (χ1) is 13.4. The van der Waals surface area contributed by atoms with Crippen molar-refractivity contribution < 1.29 is 14.7 Å². The van der Waals surface area contributed by atoms with E-state index in [4.69, 9.17) is 11.6 Å². The van der Waals surface area contributed by atoms with Gasteiger partial charge in [0.15, 0.2) is 5.69 Å². The lowest BCUT2D eigenvalue weighted by atomic mass is 10.1. The molecule has 3 aromatic rings. The summed E-state index contributed by atoms with van der Waals surface area (Å²) in [6.45, 7) is 4.04. The number of aromatic nitrogens is 1. The molecule has 2 N–H and O–H groups in total. The maximum atomic E-state index is 12.1. The topological polar surface area (TPSA) is 96.0 Å². The molecule has 0 saturated heterocycles. The Labute approximate surface area is 166 Å². The van der Waals surface area contributed by atoms with Crippen molar-refractivity contribution in [2.75, 3.05) is 6.54 Å². The summed E-state index contributed by atoms with van der Waals surface area (Å²) in [6, 6.07) is 12.2. The highest BCUT2D eigenvalue weighted by molar-refractivity contribution is 6.33. The number of carbonyl (C=O) groups is 2. The Bertz CT molecular complexity index is 1090.